The molecular formula is C27H19BrFN3O2. The van der Waals surface area contributed by atoms with Crippen molar-refractivity contribution in [3.05, 3.63) is 111 Å². The van der Waals surface area contributed by atoms with Crippen LogP contribution in [0.3, 0.4) is 0 Å². The molecule has 0 unspecified atom stereocenters. The summed E-state index contributed by atoms with van der Waals surface area (Å²) in [4.78, 5) is 12.5. The molecule has 0 fully saturated rings. The van der Waals surface area contributed by atoms with Crippen LogP contribution in [0, 0.1) is 28.5 Å². The molecule has 3 aromatic rings. The molecule has 0 spiro atoms. The number of allylic oxidation sites excluding steroid dienone is 1. The average molecular weight is 516 g/mol. The van der Waals surface area contributed by atoms with E-state index in [1.54, 1.807) is 36.4 Å². The van der Waals surface area contributed by atoms with E-state index >= 15 is 0 Å². The molecule has 0 atom stereocenters. The van der Waals surface area contributed by atoms with Crippen LogP contribution in [0.4, 0.5) is 10.1 Å². The Kier molecular flexibility index (Phi) is 8.34. The van der Waals surface area contributed by atoms with Crippen molar-refractivity contribution >= 4 is 33.6 Å². The van der Waals surface area contributed by atoms with Gasteiger partial charge in [-0.15, -0.1) is 6.58 Å². The number of rotatable bonds is 8. The number of hydrogen-bond acceptors (Lipinski definition) is 4. The highest BCUT2D eigenvalue weighted by Crippen LogP contribution is 2.33. The molecule has 0 aliphatic rings. The predicted molar refractivity (Wildman–Crippen MR) is 132 cm³/mol. The van der Waals surface area contributed by atoms with Crippen LogP contribution in [0.2, 0.25) is 0 Å². The lowest BCUT2D eigenvalue weighted by Crippen LogP contribution is -2.14. The van der Waals surface area contributed by atoms with Crippen LogP contribution in [0.5, 0.6) is 5.75 Å². The lowest BCUT2D eigenvalue weighted by Gasteiger charge is -2.15. The monoisotopic (exact) mass is 515 g/mol. The first kappa shape index (κ1) is 24.4. The van der Waals surface area contributed by atoms with Crippen LogP contribution in [0.1, 0.15) is 22.3 Å². The van der Waals surface area contributed by atoms with Gasteiger partial charge in [0.05, 0.1) is 21.8 Å². The summed E-state index contributed by atoms with van der Waals surface area (Å²) in [5.74, 6) is -0.745. The fraction of sp³-hybridized carbons (Fsp3) is 0.0741. The third kappa shape index (κ3) is 5.98. The van der Waals surface area contributed by atoms with Gasteiger partial charge in [-0.1, -0.05) is 36.4 Å². The van der Waals surface area contributed by atoms with Gasteiger partial charge in [0.1, 0.15) is 29.8 Å². The van der Waals surface area contributed by atoms with Crippen molar-refractivity contribution in [2.45, 2.75) is 13.0 Å². The Morgan fingerprint density at radius 1 is 1.12 bits per heavy atom. The molecule has 5 nitrogen and oxygen atoms in total. The number of carbonyl (C=O) groups excluding carboxylic acids is 1. The number of benzene rings is 3. The van der Waals surface area contributed by atoms with Gasteiger partial charge in [0.15, 0.2) is 0 Å². The number of para-hydroxylation sites is 1. The molecule has 0 saturated heterocycles. The van der Waals surface area contributed by atoms with E-state index in [2.05, 4.69) is 33.9 Å². The van der Waals surface area contributed by atoms with E-state index in [1.807, 2.05) is 18.2 Å². The summed E-state index contributed by atoms with van der Waals surface area (Å²) in [6, 6.07) is 20.4. The molecule has 0 radical (unpaired) electrons. The number of halogens is 2. The van der Waals surface area contributed by atoms with Gasteiger partial charge in [0, 0.05) is 5.56 Å². The van der Waals surface area contributed by atoms with Gasteiger partial charge < -0.3 is 10.1 Å². The van der Waals surface area contributed by atoms with Crippen LogP contribution < -0.4 is 10.1 Å². The quantitative estimate of drug-likeness (QED) is 0.216. The first-order valence-corrected chi connectivity index (χ1v) is 11.0. The van der Waals surface area contributed by atoms with Crippen LogP contribution in [0.15, 0.2) is 83.4 Å². The fourth-order valence-corrected chi connectivity index (χ4v) is 3.83. The van der Waals surface area contributed by atoms with Gasteiger partial charge in [0.2, 0.25) is 0 Å². The van der Waals surface area contributed by atoms with E-state index in [1.165, 1.54) is 24.3 Å². The van der Waals surface area contributed by atoms with Crippen LogP contribution in [-0.2, 0) is 17.8 Å². The lowest BCUT2D eigenvalue weighted by molar-refractivity contribution is -0.112. The molecule has 3 rings (SSSR count). The van der Waals surface area contributed by atoms with Crippen LogP contribution >= 0.6 is 15.9 Å². The highest BCUT2D eigenvalue weighted by atomic mass is 79.9. The number of carbonyl (C=O) groups is 1. The number of hydrogen-bond donors (Lipinski definition) is 1. The second kappa shape index (κ2) is 11.6. The van der Waals surface area contributed by atoms with Crippen molar-refractivity contribution in [3.8, 4) is 17.9 Å². The number of nitrogens with one attached hydrogen (secondary N) is 1. The fourth-order valence-electron chi connectivity index (χ4n) is 3.20. The van der Waals surface area contributed by atoms with Crippen molar-refractivity contribution in [2.75, 3.05) is 5.32 Å². The minimum Gasteiger partial charge on any atom is -0.487 e. The maximum atomic E-state index is 13.9. The molecule has 168 valence electrons. The third-order valence-electron chi connectivity index (χ3n) is 4.82. The smallest absolute Gasteiger partial charge is 0.266 e. The molecule has 3 aromatic carbocycles. The van der Waals surface area contributed by atoms with Gasteiger partial charge in [-0.05, 0) is 69.9 Å². The Morgan fingerprint density at radius 2 is 1.85 bits per heavy atom. The Balaban J connectivity index is 1.88. The van der Waals surface area contributed by atoms with Gasteiger partial charge in [0.25, 0.3) is 5.91 Å². The largest absolute Gasteiger partial charge is 0.487 e. The van der Waals surface area contributed by atoms with Gasteiger partial charge in [-0.2, -0.15) is 10.5 Å². The molecular weight excluding hydrogens is 497 g/mol. The van der Waals surface area contributed by atoms with Crippen molar-refractivity contribution < 1.29 is 13.9 Å². The maximum absolute atomic E-state index is 13.9. The molecule has 1 amide bonds. The summed E-state index contributed by atoms with van der Waals surface area (Å²) >= 11 is 3.50. The third-order valence-corrected chi connectivity index (χ3v) is 5.40. The average Bonchev–Trinajstić information content (AvgIpc) is 2.83. The maximum Gasteiger partial charge on any atom is 0.266 e. The van der Waals surface area contributed by atoms with Crippen LogP contribution in [0.25, 0.3) is 6.08 Å². The van der Waals surface area contributed by atoms with E-state index in [9.17, 15) is 19.7 Å². The Bertz CT molecular complexity index is 1350. The van der Waals surface area contributed by atoms with E-state index in [0.717, 1.165) is 11.1 Å². The van der Waals surface area contributed by atoms with Gasteiger partial charge >= 0.3 is 0 Å². The zero-order chi connectivity index (χ0) is 24.5. The number of nitriles is 2. The summed E-state index contributed by atoms with van der Waals surface area (Å²) in [6.45, 7) is 3.97. The van der Waals surface area contributed by atoms with Crippen molar-refractivity contribution in [3.63, 3.8) is 0 Å². The standard InChI is InChI=1S/C27H19BrFN3O2/c1-2-7-19-12-18(13-22(16-31)27(33)32-25-11-6-5-10-24(25)29)14-23(28)26(19)34-17-21-9-4-3-8-20(21)15-30/h2-6,8-14H,1,7,17H2,(H,32,33)/b22-13-. The second-order valence-electron chi connectivity index (χ2n) is 7.15. The number of anilines is 1. The molecule has 1 N–H and O–H groups in total. The molecule has 0 heterocycles. The first-order valence-electron chi connectivity index (χ1n) is 10.2. The van der Waals surface area contributed by atoms with E-state index in [4.69, 9.17) is 4.74 Å². The summed E-state index contributed by atoms with van der Waals surface area (Å²) in [5.41, 5.74) is 2.44. The molecule has 7 heteroatoms. The second-order valence-corrected chi connectivity index (χ2v) is 8.00. The minimum absolute atomic E-state index is 0.0106. The summed E-state index contributed by atoms with van der Waals surface area (Å²) in [6.07, 6.45) is 3.60. The number of amides is 1. The van der Waals surface area contributed by atoms with Crippen molar-refractivity contribution in [1.82, 2.24) is 0 Å². The number of ether oxygens (including phenoxy) is 1. The Morgan fingerprint density at radius 3 is 2.56 bits per heavy atom. The Labute approximate surface area is 205 Å². The highest BCUT2D eigenvalue weighted by molar-refractivity contribution is 9.10. The molecule has 0 bridgehead atoms. The molecule has 0 saturated carbocycles. The molecule has 0 aromatic heterocycles. The topological polar surface area (TPSA) is 85.9 Å². The van der Waals surface area contributed by atoms with Gasteiger partial charge in [-0.25, -0.2) is 4.39 Å². The zero-order valence-electron chi connectivity index (χ0n) is 18.0. The normalized spacial score (nSPS) is 10.6. The van der Waals surface area contributed by atoms with E-state index < -0.39 is 11.7 Å². The summed E-state index contributed by atoms with van der Waals surface area (Å²) in [7, 11) is 0. The summed E-state index contributed by atoms with van der Waals surface area (Å²) < 4.78 is 20.5. The molecule has 34 heavy (non-hydrogen) atoms. The first-order chi connectivity index (χ1) is 16.5. The minimum atomic E-state index is -0.720. The zero-order valence-corrected chi connectivity index (χ0v) is 19.6. The summed E-state index contributed by atoms with van der Waals surface area (Å²) in [5, 5.41) is 21.2. The lowest BCUT2D eigenvalue weighted by atomic mass is 10.0. The number of nitrogens with zero attached hydrogens (tertiary/aromatic N) is 2. The van der Waals surface area contributed by atoms with E-state index in [0.29, 0.717) is 27.8 Å². The SMILES string of the molecule is C=CCc1cc(/C=C(/C#N)C(=O)Nc2ccccc2F)cc(Br)c1OCc1ccccc1C#N. The highest BCUT2D eigenvalue weighted by Gasteiger charge is 2.15. The van der Waals surface area contributed by atoms with Gasteiger partial charge in [-0.3, -0.25) is 4.79 Å². The van der Waals surface area contributed by atoms with Crippen molar-refractivity contribution in [1.29, 1.82) is 10.5 Å². The molecule has 0 aliphatic carbocycles. The predicted octanol–water partition coefficient (Wildman–Crippen LogP) is 6.31. The van der Waals surface area contributed by atoms with Crippen LogP contribution in [-0.4, -0.2) is 5.91 Å². The van der Waals surface area contributed by atoms with Crippen molar-refractivity contribution in [2.24, 2.45) is 0 Å². The Hall–Kier alpha value is -4.20. The molecule has 0 aliphatic heterocycles. The van der Waals surface area contributed by atoms with E-state index in [-0.39, 0.29) is 17.9 Å².